The fraction of sp³-hybridized carbons (Fsp3) is 0.600. The Balaban J connectivity index is 2.39. The molecule has 0 spiro atoms. The average molecular weight is 266 g/mol. The third kappa shape index (κ3) is 3.35. The van der Waals surface area contributed by atoms with Gasteiger partial charge in [-0.15, -0.1) is 11.6 Å². The van der Waals surface area contributed by atoms with Gasteiger partial charge in [-0.3, -0.25) is 0 Å². The van der Waals surface area contributed by atoms with E-state index in [1.54, 1.807) is 6.26 Å². The average Bonchev–Trinajstić information content (AvgIpc) is 2.47. The molecule has 1 aromatic heterocycles. The molecule has 1 rings (SSSR count). The fourth-order valence-electron chi connectivity index (χ4n) is 1.11. The van der Waals surface area contributed by atoms with Crippen molar-refractivity contribution in [2.24, 2.45) is 5.92 Å². The first-order valence-corrected chi connectivity index (χ1v) is 5.70. The van der Waals surface area contributed by atoms with Crippen LogP contribution in [0.25, 0.3) is 0 Å². The third-order valence-electron chi connectivity index (χ3n) is 2.06. The van der Waals surface area contributed by atoms with E-state index in [9.17, 15) is 0 Å². The van der Waals surface area contributed by atoms with Crippen molar-refractivity contribution in [1.29, 1.82) is 0 Å². The standard InChI is InChI=1S/C10H14BrClO/c1-7(2)9(12)3-4-10-8(11)5-6-13-10/h5-7,9H,3-4H2,1-2H3. The van der Waals surface area contributed by atoms with Gasteiger partial charge in [0.15, 0.2) is 0 Å². The minimum atomic E-state index is 0.233. The second kappa shape index (κ2) is 5.06. The number of halogens is 2. The smallest absolute Gasteiger partial charge is 0.117 e. The Hall–Kier alpha value is 0.0500. The predicted molar refractivity (Wildman–Crippen MR) is 59.2 cm³/mol. The first kappa shape index (κ1) is 11.1. The highest BCUT2D eigenvalue weighted by Gasteiger charge is 2.11. The molecule has 1 atom stereocenters. The molecular formula is C10H14BrClO. The van der Waals surface area contributed by atoms with E-state index in [4.69, 9.17) is 16.0 Å². The van der Waals surface area contributed by atoms with E-state index in [-0.39, 0.29) is 5.38 Å². The monoisotopic (exact) mass is 264 g/mol. The molecule has 1 unspecified atom stereocenters. The number of rotatable bonds is 4. The Kier molecular flexibility index (Phi) is 4.33. The largest absolute Gasteiger partial charge is 0.468 e. The number of hydrogen-bond acceptors (Lipinski definition) is 1. The molecule has 0 fully saturated rings. The van der Waals surface area contributed by atoms with Gasteiger partial charge in [0.25, 0.3) is 0 Å². The summed E-state index contributed by atoms with van der Waals surface area (Å²) in [5.41, 5.74) is 0. The van der Waals surface area contributed by atoms with E-state index in [0.717, 1.165) is 23.1 Å². The molecule has 0 aliphatic carbocycles. The summed E-state index contributed by atoms with van der Waals surface area (Å²) in [6.07, 6.45) is 3.56. The minimum absolute atomic E-state index is 0.233. The third-order valence-corrected chi connectivity index (χ3v) is 3.49. The lowest BCUT2D eigenvalue weighted by molar-refractivity contribution is 0.479. The zero-order valence-corrected chi connectivity index (χ0v) is 10.2. The van der Waals surface area contributed by atoms with Crippen LogP contribution in [-0.2, 0) is 6.42 Å². The molecule has 0 N–H and O–H groups in total. The lowest BCUT2D eigenvalue weighted by Gasteiger charge is -2.11. The number of alkyl halides is 1. The Labute approximate surface area is 92.6 Å². The summed E-state index contributed by atoms with van der Waals surface area (Å²) in [5, 5.41) is 0.233. The van der Waals surface area contributed by atoms with Crippen LogP contribution in [0, 0.1) is 5.92 Å². The Morgan fingerprint density at radius 3 is 2.69 bits per heavy atom. The normalized spacial score (nSPS) is 13.6. The van der Waals surface area contributed by atoms with Crippen LogP contribution >= 0.6 is 27.5 Å². The molecule has 0 amide bonds. The summed E-state index contributed by atoms with van der Waals surface area (Å²) < 4.78 is 6.33. The van der Waals surface area contributed by atoms with Crippen LogP contribution < -0.4 is 0 Å². The number of hydrogen-bond donors (Lipinski definition) is 0. The van der Waals surface area contributed by atoms with Gasteiger partial charge in [-0.1, -0.05) is 13.8 Å². The van der Waals surface area contributed by atoms with E-state index < -0.39 is 0 Å². The fourth-order valence-corrected chi connectivity index (χ4v) is 1.61. The summed E-state index contributed by atoms with van der Waals surface area (Å²) in [4.78, 5) is 0. The molecule has 3 heteroatoms. The quantitative estimate of drug-likeness (QED) is 0.742. The molecule has 0 aromatic carbocycles. The first-order chi connectivity index (χ1) is 6.11. The molecule has 0 aliphatic rings. The Morgan fingerprint density at radius 2 is 2.23 bits per heavy atom. The van der Waals surface area contributed by atoms with Gasteiger partial charge in [0.05, 0.1) is 10.7 Å². The minimum Gasteiger partial charge on any atom is -0.468 e. The number of furan rings is 1. The van der Waals surface area contributed by atoms with Crippen LogP contribution in [0.2, 0.25) is 0 Å². The molecule has 0 saturated carbocycles. The summed E-state index contributed by atoms with van der Waals surface area (Å²) in [5.74, 6) is 1.52. The van der Waals surface area contributed by atoms with Crippen LogP contribution in [0.5, 0.6) is 0 Å². The highest BCUT2D eigenvalue weighted by Crippen LogP contribution is 2.22. The van der Waals surface area contributed by atoms with Gasteiger partial charge in [-0.25, -0.2) is 0 Å². The van der Waals surface area contributed by atoms with E-state index in [1.165, 1.54) is 0 Å². The van der Waals surface area contributed by atoms with Gasteiger partial charge in [0.2, 0.25) is 0 Å². The van der Waals surface area contributed by atoms with Gasteiger partial charge >= 0.3 is 0 Å². The maximum Gasteiger partial charge on any atom is 0.117 e. The zero-order valence-electron chi connectivity index (χ0n) is 7.89. The lowest BCUT2D eigenvalue weighted by atomic mass is 10.1. The maximum atomic E-state index is 6.13. The summed E-state index contributed by atoms with van der Waals surface area (Å²) in [6, 6.07) is 1.91. The van der Waals surface area contributed by atoms with E-state index in [0.29, 0.717) is 5.92 Å². The SMILES string of the molecule is CC(C)C(Cl)CCc1occc1Br. The highest BCUT2D eigenvalue weighted by atomic mass is 79.9. The Bertz CT molecular complexity index is 257. The van der Waals surface area contributed by atoms with Crippen LogP contribution in [0.3, 0.4) is 0 Å². The van der Waals surface area contributed by atoms with Gasteiger partial charge < -0.3 is 4.42 Å². The van der Waals surface area contributed by atoms with Crippen LogP contribution in [0.1, 0.15) is 26.0 Å². The van der Waals surface area contributed by atoms with Crippen molar-refractivity contribution in [2.75, 3.05) is 0 Å². The summed E-state index contributed by atoms with van der Waals surface area (Å²) in [6.45, 7) is 4.27. The molecule has 13 heavy (non-hydrogen) atoms. The summed E-state index contributed by atoms with van der Waals surface area (Å²) >= 11 is 9.54. The van der Waals surface area contributed by atoms with E-state index in [1.807, 2.05) is 6.07 Å². The van der Waals surface area contributed by atoms with E-state index >= 15 is 0 Å². The molecule has 0 radical (unpaired) electrons. The zero-order chi connectivity index (χ0) is 9.84. The Morgan fingerprint density at radius 1 is 1.54 bits per heavy atom. The van der Waals surface area contributed by atoms with Gasteiger partial charge in [-0.2, -0.15) is 0 Å². The number of aryl methyl sites for hydroxylation is 1. The first-order valence-electron chi connectivity index (χ1n) is 4.47. The van der Waals surface area contributed by atoms with Crippen molar-refractivity contribution in [3.8, 4) is 0 Å². The van der Waals surface area contributed by atoms with Crippen LogP contribution in [0.15, 0.2) is 21.2 Å². The molecule has 1 nitrogen and oxygen atoms in total. The molecule has 74 valence electrons. The molecule has 1 heterocycles. The maximum absolute atomic E-state index is 6.13. The highest BCUT2D eigenvalue weighted by molar-refractivity contribution is 9.10. The molecule has 0 bridgehead atoms. The van der Waals surface area contributed by atoms with Gasteiger partial charge in [0.1, 0.15) is 5.76 Å². The van der Waals surface area contributed by atoms with Crippen molar-refractivity contribution in [3.05, 3.63) is 22.6 Å². The second-order valence-corrected chi connectivity index (χ2v) is 4.91. The molecule has 1 aromatic rings. The van der Waals surface area contributed by atoms with Crippen molar-refractivity contribution in [1.82, 2.24) is 0 Å². The van der Waals surface area contributed by atoms with Crippen LogP contribution in [-0.4, -0.2) is 5.38 Å². The molecular weight excluding hydrogens is 251 g/mol. The van der Waals surface area contributed by atoms with Crippen molar-refractivity contribution in [2.45, 2.75) is 32.1 Å². The molecule has 0 saturated heterocycles. The van der Waals surface area contributed by atoms with Gasteiger partial charge in [0, 0.05) is 11.8 Å². The molecule has 0 aliphatic heterocycles. The van der Waals surface area contributed by atoms with Crippen molar-refractivity contribution >= 4 is 27.5 Å². The van der Waals surface area contributed by atoms with E-state index in [2.05, 4.69) is 29.8 Å². The second-order valence-electron chi connectivity index (χ2n) is 3.49. The topological polar surface area (TPSA) is 13.1 Å². The van der Waals surface area contributed by atoms with Crippen LogP contribution in [0.4, 0.5) is 0 Å². The lowest BCUT2D eigenvalue weighted by Crippen LogP contribution is -2.08. The van der Waals surface area contributed by atoms with Crippen molar-refractivity contribution in [3.63, 3.8) is 0 Å². The van der Waals surface area contributed by atoms with Gasteiger partial charge in [-0.05, 0) is 34.3 Å². The predicted octanol–water partition coefficient (Wildman–Crippen LogP) is 4.24. The summed E-state index contributed by atoms with van der Waals surface area (Å²) in [7, 11) is 0. The van der Waals surface area contributed by atoms with Crippen molar-refractivity contribution < 1.29 is 4.42 Å².